The van der Waals surface area contributed by atoms with E-state index in [2.05, 4.69) is 173 Å². The fraction of sp³-hybridized carbons (Fsp3) is 0.358. The smallest absolute Gasteiger partial charge is 0.138 e. The second-order valence-electron chi connectivity index (χ2n) is 17.1. The van der Waals surface area contributed by atoms with Gasteiger partial charge in [0.1, 0.15) is 22.8 Å². The summed E-state index contributed by atoms with van der Waals surface area (Å²) in [5, 5.41) is 3.16. The average molecular weight is 877 g/mol. The molecule has 340 valence electrons. The summed E-state index contributed by atoms with van der Waals surface area (Å²) in [4.78, 5) is 16.3. The topological polar surface area (TPSA) is 93.3 Å². The lowest BCUT2D eigenvalue weighted by Crippen LogP contribution is -2.36. The van der Waals surface area contributed by atoms with Gasteiger partial charge in [-0.05, 0) is 143 Å². The van der Waals surface area contributed by atoms with Gasteiger partial charge in [0.2, 0.25) is 0 Å². The third-order valence-corrected chi connectivity index (χ3v) is 11.6. The van der Waals surface area contributed by atoms with Gasteiger partial charge in [0.05, 0.1) is 67.4 Å². The number of imidazole rings is 2. The van der Waals surface area contributed by atoms with Crippen LogP contribution in [-0.4, -0.2) is 136 Å². The number of nitrogens with zero attached hydrogens (tertiary/aromatic N) is 7. The summed E-state index contributed by atoms with van der Waals surface area (Å²) in [7, 11) is 8.32. The molecule has 12 nitrogen and oxygen atoms in total. The molecule has 6 heterocycles. The van der Waals surface area contributed by atoms with E-state index in [1.165, 1.54) is 33.5 Å². The highest BCUT2D eigenvalue weighted by Crippen LogP contribution is 2.31. The molecule has 0 atom stereocenters. The van der Waals surface area contributed by atoms with Gasteiger partial charge in [0.25, 0.3) is 0 Å². The molecule has 0 radical (unpaired) electrons. The second-order valence-corrected chi connectivity index (χ2v) is 17.1. The fourth-order valence-corrected chi connectivity index (χ4v) is 8.22. The molecule has 1 N–H and O–H groups in total. The van der Waals surface area contributed by atoms with Crippen LogP contribution >= 0.6 is 0 Å². The predicted octanol–water partition coefficient (Wildman–Crippen LogP) is 8.72. The molecule has 2 aliphatic heterocycles. The molecular formula is C53H64N8O4. The lowest BCUT2D eigenvalue weighted by molar-refractivity contribution is 0.109. The van der Waals surface area contributed by atoms with Crippen molar-refractivity contribution >= 4 is 39.0 Å². The van der Waals surface area contributed by atoms with Crippen molar-refractivity contribution in [3.63, 3.8) is 0 Å². The van der Waals surface area contributed by atoms with Crippen molar-refractivity contribution in [2.45, 2.75) is 19.8 Å². The van der Waals surface area contributed by atoms with Crippen molar-refractivity contribution in [1.29, 1.82) is 0 Å². The Kier molecular flexibility index (Phi) is 15.6. The lowest BCUT2D eigenvalue weighted by Gasteiger charge is -2.29. The Morgan fingerprint density at radius 2 is 1.03 bits per heavy atom. The molecule has 0 bridgehead atoms. The summed E-state index contributed by atoms with van der Waals surface area (Å²) in [6, 6.07) is 37.8. The zero-order chi connectivity index (χ0) is 45.0. The largest absolute Gasteiger partial charge is 0.494 e. The minimum absolute atomic E-state index is 0.731. The Labute approximate surface area is 383 Å². The number of hydrogen-bond donors (Lipinski definition) is 1. The van der Waals surface area contributed by atoms with Gasteiger partial charge >= 0.3 is 0 Å². The van der Waals surface area contributed by atoms with Crippen molar-refractivity contribution in [2.75, 3.05) is 112 Å². The first kappa shape index (κ1) is 45.5. The molecule has 2 saturated heterocycles. The maximum absolute atomic E-state index is 5.89. The van der Waals surface area contributed by atoms with Crippen molar-refractivity contribution in [3.8, 4) is 33.8 Å². The number of nitrogens with one attached hydrogen (secondary N) is 1. The van der Waals surface area contributed by atoms with E-state index in [-0.39, 0.29) is 0 Å². The van der Waals surface area contributed by atoms with E-state index >= 15 is 0 Å². The van der Waals surface area contributed by atoms with Crippen LogP contribution in [0.15, 0.2) is 122 Å². The summed E-state index contributed by atoms with van der Waals surface area (Å²) in [6.07, 6.45) is 6.41. The third-order valence-electron chi connectivity index (χ3n) is 11.6. The Bertz CT molecular complexity index is 2720. The summed E-state index contributed by atoms with van der Waals surface area (Å²) in [6.45, 7) is 12.8. The van der Waals surface area contributed by atoms with Crippen LogP contribution < -0.4 is 19.7 Å². The number of aryl methyl sites for hydroxylation is 1. The zero-order valence-electron chi connectivity index (χ0n) is 38.7. The molecule has 0 spiro atoms. The number of fused-ring (bicyclic) bond motifs is 6. The highest BCUT2D eigenvalue weighted by Gasteiger charge is 2.18. The van der Waals surface area contributed by atoms with E-state index in [1.54, 1.807) is 0 Å². The Morgan fingerprint density at radius 3 is 1.52 bits per heavy atom. The Morgan fingerprint density at radius 1 is 0.554 bits per heavy atom. The fourth-order valence-electron chi connectivity index (χ4n) is 8.22. The minimum Gasteiger partial charge on any atom is -0.494 e. The van der Waals surface area contributed by atoms with Crippen LogP contribution in [-0.2, 0) is 9.47 Å². The molecule has 12 heteroatoms. The number of anilines is 1. The zero-order valence-corrected chi connectivity index (χ0v) is 38.7. The van der Waals surface area contributed by atoms with Crippen LogP contribution in [0.5, 0.6) is 11.5 Å². The van der Waals surface area contributed by atoms with Crippen molar-refractivity contribution < 1.29 is 18.9 Å². The maximum Gasteiger partial charge on any atom is 0.138 e. The highest BCUT2D eigenvalue weighted by molar-refractivity contribution is 5.93. The monoisotopic (exact) mass is 877 g/mol. The van der Waals surface area contributed by atoms with E-state index < -0.39 is 0 Å². The molecule has 4 aromatic carbocycles. The van der Waals surface area contributed by atoms with Crippen LogP contribution in [0.3, 0.4) is 0 Å². The van der Waals surface area contributed by atoms with Crippen LogP contribution in [0.2, 0.25) is 0 Å². The molecule has 65 heavy (non-hydrogen) atoms. The minimum atomic E-state index is 0.731. The molecule has 0 aliphatic carbocycles. The number of hydrogen-bond acceptors (Lipinski definition) is 10. The van der Waals surface area contributed by atoms with Gasteiger partial charge < -0.3 is 39.0 Å². The summed E-state index contributed by atoms with van der Waals surface area (Å²) in [5.74, 6) is 1.83. The Hall–Kier alpha value is -6.02. The van der Waals surface area contributed by atoms with Gasteiger partial charge in [0.15, 0.2) is 0 Å². The first-order valence-corrected chi connectivity index (χ1v) is 23.0. The summed E-state index contributed by atoms with van der Waals surface area (Å²) >= 11 is 0. The summed E-state index contributed by atoms with van der Waals surface area (Å²) < 4.78 is 26.7. The number of aromatic nitrogens is 4. The van der Waals surface area contributed by atoms with Gasteiger partial charge in [-0.2, -0.15) is 0 Å². The second kappa shape index (κ2) is 22.3. The van der Waals surface area contributed by atoms with Crippen molar-refractivity contribution in [2.24, 2.45) is 0 Å². The predicted molar refractivity (Wildman–Crippen MR) is 265 cm³/mol. The maximum atomic E-state index is 5.89. The number of morpholine rings is 2. The van der Waals surface area contributed by atoms with E-state index in [0.29, 0.717) is 0 Å². The summed E-state index contributed by atoms with van der Waals surface area (Å²) in [5.41, 5.74) is 13.5. The number of para-hydroxylation sites is 2. The molecular weight excluding hydrogens is 813 g/mol. The molecule has 0 unspecified atom stereocenters. The third kappa shape index (κ3) is 11.8. The molecule has 0 saturated carbocycles. The van der Waals surface area contributed by atoms with Crippen LogP contribution in [0.25, 0.3) is 55.6 Å². The van der Waals surface area contributed by atoms with Gasteiger partial charge in [-0.25, -0.2) is 9.97 Å². The molecule has 4 aromatic heterocycles. The van der Waals surface area contributed by atoms with Gasteiger partial charge in [-0.15, -0.1) is 0 Å². The first-order valence-electron chi connectivity index (χ1n) is 23.0. The number of pyridine rings is 2. The number of benzene rings is 4. The first-order chi connectivity index (χ1) is 31.8. The normalized spacial score (nSPS) is 14.2. The average Bonchev–Trinajstić information content (AvgIpc) is 3.92. The molecule has 2 fully saturated rings. The number of rotatable bonds is 13. The van der Waals surface area contributed by atoms with Crippen LogP contribution in [0.1, 0.15) is 18.4 Å². The van der Waals surface area contributed by atoms with E-state index in [1.807, 2.05) is 12.1 Å². The van der Waals surface area contributed by atoms with E-state index in [0.717, 1.165) is 137 Å². The quantitative estimate of drug-likeness (QED) is 0.114. The van der Waals surface area contributed by atoms with Crippen molar-refractivity contribution in [3.05, 3.63) is 127 Å². The van der Waals surface area contributed by atoms with Crippen LogP contribution in [0.4, 0.5) is 5.69 Å². The van der Waals surface area contributed by atoms with Crippen molar-refractivity contribution in [1.82, 2.24) is 33.9 Å². The van der Waals surface area contributed by atoms with Crippen LogP contribution in [0, 0.1) is 6.92 Å². The Balaban J connectivity index is 0.000000159. The van der Waals surface area contributed by atoms with Gasteiger partial charge in [0, 0.05) is 51.7 Å². The molecule has 0 amide bonds. The molecule has 10 rings (SSSR count). The molecule has 2 aliphatic rings. The SMILES string of the molecule is C1COCCN1.CN(C)CCCOc1ccc(-c2ccc3nc4cccc(N5CCOCC5)c4n3c2)cc1.Cc1cccc2nc3ccc(-c4ccc(OCCCN(C)C)cc4)cn3c12. The lowest BCUT2D eigenvalue weighted by atomic mass is 10.1. The van der Waals surface area contributed by atoms with Gasteiger partial charge in [-0.1, -0.05) is 42.5 Å². The molecule has 8 aromatic rings. The standard InChI is InChI=1S/C26H30N4O2.C23H25N3O.C4H9NO/c1-28(2)13-4-16-32-22-10-7-20(8-11-22)21-9-12-25-27-23-5-3-6-24(26(23)30(25)19-21)29-14-17-31-18-15-29;1-17-6-4-7-21-23(17)26-16-19(10-13-22(26)24-21)18-8-11-20(12-9-18)27-15-5-14-25(2)3;1-3-6-4-2-5-1/h3,5-12,19H,4,13-18H2,1-2H3;4,6-13,16H,5,14-15H2,1-3H3;5H,1-4H2. The van der Waals surface area contributed by atoms with E-state index in [9.17, 15) is 0 Å². The highest BCUT2D eigenvalue weighted by atomic mass is 16.5. The van der Waals surface area contributed by atoms with E-state index in [4.69, 9.17) is 28.9 Å². The van der Waals surface area contributed by atoms with Gasteiger partial charge in [-0.3, -0.25) is 8.80 Å². The number of ether oxygens (including phenoxy) is 4.